The number of hydrogen-bond acceptors (Lipinski definition) is 5. The number of nitrogens with one attached hydrogen (secondary N) is 2. The molecule has 1 aliphatic rings. The van der Waals surface area contributed by atoms with Crippen LogP contribution < -0.4 is 16.4 Å². The maximum Gasteiger partial charge on any atom is 0.419 e. The van der Waals surface area contributed by atoms with Gasteiger partial charge in [0.2, 0.25) is 5.91 Å². The van der Waals surface area contributed by atoms with Crippen molar-refractivity contribution in [2.75, 3.05) is 25.1 Å². The van der Waals surface area contributed by atoms with E-state index >= 15 is 0 Å². The van der Waals surface area contributed by atoms with Crippen LogP contribution >= 0.6 is 0 Å². The van der Waals surface area contributed by atoms with Crippen molar-refractivity contribution in [3.63, 3.8) is 0 Å². The van der Waals surface area contributed by atoms with Gasteiger partial charge in [-0.1, -0.05) is 0 Å². The molecule has 0 spiro atoms. The number of ether oxygens (including phenoxy) is 1. The van der Waals surface area contributed by atoms with E-state index in [-0.39, 0.29) is 11.9 Å². The van der Waals surface area contributed by atoms with Crippen LogP contribution in [0.25, 0.3) is 11.1 Å². The van der Waals surface area contributed by atoms with Gasteiger partial charge in [0.25, 0.3) is 0 Å². The first-order valence-electron chi connectivity index (χ1n) is 6.37. The number of carbonyl (C=O) groups excluding carboxylic acids is 1. The summed E-state index contributed by atoms with van der Waals surface area (Å²) in [7, 11) is 1.62. The molecule has 1 aliphatic heterocycles. The fourth-order valence-electron chi connectivity index (χ4n) is 2.17. The average molecular weight is 277 g/mol. The molecule has 2 aromatic rings. The third-order valence-electron chi connectivity index (χ3n) is 3.30. The SMILES string of the molecule is Cn1c(=O)oc2ccc(NC(=O)[C@H]3COCCN3)cc21. The Morgan fingerprint density at radius 2 is 2.35 bits per heavy atom. The van der Waals surface area contributed by atoms with Gasteiger partial charge in [-0.05, 0) is 18.2 Å². The molecule has 1 fully saturated rings. The van der Waals surface area contributed by atoms with Crippen LogP contribution in [0, 0.1) is 0 Å². The fourth-order valence-corrected chi connectivity index (χ4v) is 2.17. The van der Waals surface area contributed by atoms with Gasteiger partial charge in [-0.25, -0.2) is 4.79 Å². The third kappa shape index (κ3) is 2.33. The molecule has 0 saturated carbocycles. The summed E-state index contributed by atoms with van der Waals surface area (Å²) in [6, 6.07) is 4.72. The predicted octanol–water partition coefficient (Wildman–Crippen LogP) is 0.0584. The number of benzene rings is 1. The summed E-state index contributed by atoms with van der Waals surface area (Å²) in [6.45, 7) is 1.64. The third-order valence-corrected chi connectivity index (χ3v) is 3.30. The van der Waals surface area contributed by atoms with Gasteiger partial charge in [-0.2, -0.15) is 0 Å². The molecule has 1 aromatic carbocycles. The molecule has 7 nitrogen and oxygen atoms in total. The zero-order valence-electron chi connectivity index (χ0n) is 11.0. The van der Waals surface area contributed by atoms with Crippen molar-refractivity contribution < 1.29 is 13.9 Å². The van der Waals surface area contributed by atoms with Gasteiger partial charge in [-0.15, -0.1) is 0 Å². The van der Waals surface area contributed by atoms with Gasteiger partial charge in [0.1, 0.15) is 6.04 Å². The number of amides is 1. The van der Waals surface area contributed by atoms with E-state index in [1.54, 1.807) is 25.2 Å². The summed E-state index contributed by atoms with van der Waals surface area (Å²) >= 11 is 0. The molecule has 1 atom stereocenters. The topological polar surface area (TPSA) is 85.5 Å². The standard InChI is InChI=1S/C13H15N3O4/c1-16-10-6-8(2-3-11(10)20-13(16)18)15-12(17)9-7-19-5-4-14-9/h2-3,6,9,14H,4-5,7H2,1H3,(H,15,17)/t9-/m1/s1. The molecule has 106 valence electrons. The van der Waals surface area contributed by atoms with E-state index < -0.39 is 5.76 Å². The van der Waals surface area contributed by atoms with E-state index in [1.807, 2.05) is 0 Å². The van der Waals surface area contributed by atoms with Gasteiger partial charge >= 0.3 is 5.76 Å². The molecule has 1 aromatic heterocycles. The number of hydrogen-bond donors (Lipinski definition) is 2. The molecule has 20 heavy (non-hydrogen) atoms. The Balaban J connectivity index is 1.81. The lowest BCUT2D eigenvalue weighted by Crippen LogP contribution is -2.48. The number of nitrogens with zero attached hydrogens (tertiary/aromatic N) is 1. The van der Waals surface area contributed by atoms with E-state index in [9.17, 15) is 9.59 Å². The number of fused-ring (bicyclic) bond motifs is 1. The molecule has 3 rings (SSSR count). The monoisotopic (exact) mass is 277 g/mol. The van der Waals surface area contributed by atoms with E-state index in [1.165, 1.54) is 4.57 Å². The number of morpholine rings is 1. The fraction of sp³-hybridized carbons (Fsp3) is 0.385. The van der Waals surface area contributed by atoms with Crippen LogP contribution in [0.1, 0.15) is 0 Å². The number of oxazole rings is 1. The minimum absolute atomic E-state index is 0.155. The first-order valence-corrected chi connectivity index (χ1v) is 6.37. The summed E-state index contributed by atoms with van der Waals surface area (Å²) in [4.78, 5) is 23.4. The molecule has 0 bridgehead atoms. The van der Waals surface area contributed by atoms with Crippen molar-refractivity contribution in [2.45, 2.75) is 6.04 Å². The zero-order valence-corrected chi connectivity index (χ0v) is 11.0. The maximum absolute atomic E-state index is 12.0. The Morgan fingerprint density at radius 1 is 1.50 bits per heavy atom. The number of carbonyl (C=O) groups is 1. The second kappa shape index (κ2) is 5.10. The minimum Gasteiger partial charge on any atom is -0.408 e. The van der Waals surface area contributed by atoms with Crippen molar-refractivity contribution in [3.05, 3.63) is 28.7 Å². The number of rotatable bonds is 2. The number of aromatic nitrogens is 1. The summed E-state index contributed by atoms with van der Waals surface area (Å²) < 4.78 is 11.7. The smallest absolute Gasteiger partial charge is 0.408 e. The van der Waals surface area contributed by atoms with Crippen LogP contribution in [0.2, 0.25) is 0 Å². The Labute approximate surface area is 114 Å². The maximum atomic E-state index is 12.0. The largest absolute Gasteiger partial charge is 0.419 e. The van der Waals surface area contributed by atoms with Crippen LogP contribution in [-0.2, 0) is 16.6 Å². The molecule has 1 amide bonds. The lowest BCUT2D eigenvalue weighted by atomic mass is 10.2. The normalized spacial score (nSPS) is 19.1. The minimum atomic E-state index is -0.425. The average Bonchev–Trinajstić information content (AvgIpc) is 2.75. The quantitative estimate of drug-likeness (QED) is 0.810. The zero-order chi connectivity index (χ0) is 14.1. The van der Waals surface area contributed by atoms with E-state index in [0.29, 0.717) is 36.5 Å². The van der Waals surface area contributed by atoms with E-state index in [2.05, 4.69) is 10.6 Å². The van der Waals surface area contributed by atoms with Crippen molar-refractivity contribution in [3.8, 4) is 0 Å². The lowest BCUT2D eigenvalue weighted by molar-refractivity contribution is -0.120. The highest BCUT2D eigenvalue weighted by atomic mass is 16.5. The predicted molar refractivity (Wildman–Crippen MR) is 72.7 cm³/mol. The Bertz CT molecular complexity index is 697. The first kappa shape index (κ1) is 12.9. The molecule has 0 aliphatic carbocycles. The van der Waals surface area contributed by atoms with Crippen molar-refractivity contribution in [2.24, 2.45) is 7.05 Å². The highest BCUT2D eigenvalue weighted by Gasteiger charge is 2.21. The van der Waals surface area contributed by atoms with Crippen LogP contribution in [0.5, 0.6) is 0 Å². The second-order valence-corrected chi connectivity index (χ2v) is 4.68. The molecule has 1 saturated heterocycles. The Morgan fingerprint density at radius 3 is 3.10 bits per heavy atom. The molecule has 7 heteroatoms. The van der Waals surface area contributed by atoms with Crippen molar-refractivity contribution in [1.29, 1.82) is 0 Å². The first-order chi connectivity index (χ1) is 9.65. The summed E-state index contributed by atoms with van der Waals surface area (Å²) in [5.74, 6) is -0.580. The number of anilines is 1. The Kier molecular flexibility index (Phi) is 3.29. The second-order valence-electron chi connectivity index (χ2n) is 4.68. The van der Waals surface area contributed by atoms with Gasteiger partial charge in [0.05, 0.1) is 18.7 Å². The van der Waals surface area contributed by atoms with Crippen molar-refractivity contribution >= 4 is 22.7 Å². The van der Waals surface area contributed by atoms with Gasteiger partial charge in [-0.3, -0.25) is 9.36 Å². The highest BCUT2D eigenvalue weighted by Crippen LogP contribution is 2.18. The molecule has 2 heterocycles. The Hall–Kier alpha value is -2.12. The van der Waals surface area contributed by atoms with Gasteiger partial charge in [0.15, 0.2) is 5.58 Å². The van der Waals surface area contributed by atoms with Gasteiger partial charge < -0.3 is 19.8 Å². The summed E-state index contributed by atoms with van der Waals surface area (Å²) in [6.07, 6.45) is 0. The van der Waals surface area contributed by atoms with Crippen LogP contribution in [0.3, 0.4) is 0 Å². The summed E-state index contributed by atoms with van der Waals surface area (Å²) in [5.41, 5.74) is 1.75. The molecule has 0 unspecified atom stereocenters. The molecular weight excluding hydrogens is 262 g/mol. The van der Waals surface area contributed by atoms with E-state index in [4.69, 9.17) is 9.15 Å². The lowest BCUT2D eigenvalue weighted by Gasteiger charge is -2.22. The summed E-state index contributed by atoms with van der Waals surface area (Å²) in [5, 5.41) is 5.88. The highest BCUT2D eigenvalue weighted by molar-refractivity contribution is 5.96. The van der Waals surface area contributed by atoms with Crippen LogP contribution in [0.4, 0.5) is 5.69 Å². The molecule has 2 N–H and O–H groups in total. The molecule has 0 radical (unpaired) electrons. The van der Waals surface area contributed by atoms with Crippen LogP contribution in [0.15, 0.2) is 27.4 Å². The van der Waals surface area contributed by atoms with Gasteiger partial charge in [0, 0.05) is 19.3 Å². The number of aryl methyl sites for hydroxylation is 1. The molecular formula is C13H15N3O4. The van der Waals surface area contributed by atoms with E-state index in [0.717, 1.165) is 0 Å². The van der Waals surface area contributed by atoms with Crippen LogP contribution in [-0.4, -0.2) is 36.3 Å². The van der Waals surface area contributed by atoms with Crippen molar-refractivity contribution in [1.82, 2.24) is 9.88 Å².